The normalized spacial score (nSPS) is 19.0. The van der Waals surface area contributed by atoms with Gasteiger partial charge in [-0.3, -0.25) is 5.10 Å². The molecule has 1 aliphatic heterocycles. The Hall–Kier alpha value is -2.02. The smallest absolute Gasteiger partial charge is 0.245 e. The van der Waals surface area contributed by atoms with Crippen molar-refractivity contribution in [3.63, 3.8) is 0 Å². The first-order valence-electron chi connectivity index (χ1n) is 7.20. The molecule has 7 heteroatoms. The summed E-state index contributed by atoms with van der Waals surface area (Å²) in [6.45, 7) is 2.93. The number of hydrogen-bond acceptors (Lipinski definition) is 5. The molecular weight excluding hydrogens is 271 g/mol. The van der Waals surface area contributed by atoms with Gasteiger partial charge in [0.1, 0.15) is 11.5 Å². The van der Waals surface area contributed by atoms with Gasteiger partial charge in [0.2, 0.25) is 5.95 Å². The quantitative estimate of drug-likeness (QED) is 0.891. The van der Waals surface area contributed by atoms with Crippen molar-refractivity contribution in [1.29, 1.82) is 0 Å². The number of aromatic amines is 1. The topological polar surface area (TPSA) is 69.7 Å². The number of nitrogens with zero attached hydrogens (tertiary/aromatic N) is 4. The Morgan fingerprint density at radius 2 is 2.38 bits per heavy atom. The molecule has 0 aliphatic carbocycles. The van der Waals surface area contributed by atoms with E-state index in [0.29, 0.717) is 23.4 Å². The monoisotopic (exact) mass is 290 g/mol. The lowest BCUT2D eigenvalue weighted by atomic mass is 9.98. The lowest BCUT2D eigenvalue weighted by Crippen LogP contribution is -2.39. The third-order valence-corrected chi connectivity index (χ3v) is 3.74. The van der Waals surface area contributed by atoms with Gasteiger partial charge in [-0.05, 0) is 44.5 Å². The van der Waals surface area contributed by atoms with Gasteiger partial charge in [-0.2, -0.15) is 4.98 Å². The third-order valence-electron chi connectivity index (χ3n) is 3.74. The van der Waals surface area contributed by atoms with E-state index >= 15 is 0 Å². The largest absolute Gasteiger partial charge is 0.339 e. The number of aromatic nitrogens is 4. The van der Waals surface area contributed by atoms with Crippen molar-refractivity contribution >= 4 is 5.95 Å². The summed E-state index contributed by atoms with van der Waals surface area (Å²) in [5.41, 5.74) is 0.596. The van der Waals surface area contributed by atoms with Gasteiger partial charge in [0.05, 0.1) is 6.20 Å². The van der Waals surface area contributed by atoms with Gasteiger partial charge in [0.25, 0.3) is 0 Å². The maximum atomic E-state index is 12.9. The molecule has 0 amide bonds. The van der Waals surface area contributed by atoms with E-state index in [1.54, 1.807) is 6.07 Å². The van der Waals surface area contributed by atoms with Crippen LogP contribution in [0.15, 0.2) is 18.3 Å². The van der Waals surface area contributed by atoms with E-state index in [4.69, 9.17) is 0 Å². The first-order chi connectivity index (χ1) is 10.3. The Balaban J connectivity index is 1.73. The van der Waals surface area contributed by atoms with Gasteiger partial charge >= 0.3 is 0 Å². The second-order valence-electron chi connectivity index (χ2n) is 5.36. The van der Waals surface area contributed by atoms with Crippen LogP contribution in [0.1, 0.15) is 12.8 Å². The number of anilines is 1. The second-order valence-corrected chi connectivity index (χ2v) is 5.36. The summed E-state index contributed by atoms with van der Waals surface area (Å²) in [6, 6.07) is 2.97. The van der Waals surface area contributed by atoms with Crippen molar-refractivity contribution in [3.8, 4) is 11.5 Å². The van der Waals surface area contributed by atoms with Gasteiger partial charge < -0.3 is 10.2 Å². The number of nitrogens with one attached hydrogen (secondary N) is 2. The van der Waals surface area contributed by atoms with Gasteiger partial charge in [-0.15, -0.1) is 5.10 Å². The van der Waals surface area contributed by atoms with Crippen molar-refractivity contribution in [3.05, 3.63) is 24.1 Å². The molecule has 112 valence electrons. The average molecular weight is 290 g/mol. The van der Waals surface area contributed by atoms with E-state index in [-0.39, 0.29) is 5.82 Å². The fraction of sp³-hybridized carbons (Fsp3) is 0.500. The minimum absolute atomic E-state index is 0.357. The minimum Gasteiger partial charge on any atom is -0.339 e. The van der Waals surface area contributed by atoms with Crippen molar-refractivity contribution in [1.82, 2.24) is 25.5 Å². The molecule has 0 saturated carbocycles. The summed E-state index contributed by atoms with van der Waals surface area (Å²) < 4.78 is 12.9. The van der Waals surface area contributed by atoms with Crippen LogP contribution in [0.25, 0.3) is 11.5 Å². The SMILES string of the molecule is CNCC1CCCN(c2n[nH]c(-c3ccc(F)cn3)n2)C1. The van der Waals surface area contributed by atoms with Gasteiger partial charge in [0, 0.05) is 13.1 Å². The summed E-state index contributed by atoms with van der Waals surface area (Å²) in [6.07, 6.45) is 3.56. The number of hydrogen-bond donors (Lipinski definition) is 2. The highest BCUT2D eigenvalue weighted by atomic mass is 19.1. The van der Waals surface area contributed by atoms with Crippen molar-refractivity contribution in [2.45, 2.75) is 12.8 Å². The predicted molar refractivity (Wildman–Crippen MR) is 78.4 cm³/mol. The molecular formula is C14H19FN6. The molecule has 0 spiro atoms. The van der Waals surface area contributed by atoms with Crippen molar-refractivity contribution < 1.29 is 4.39 Å². The Labute approximate surface area is 122 Å². The molecule has 6 nitrogen and oxygen atoms in total. The molecule has 1 atom stereocenters. The van der Waals surface area contributed by atoms with Gasteiger partial charge in [-0.1, -0.05) is 0 Å². The van der Waals surface area contributed by atoms with E-state index in [2.05, 4.69) is 30.4 Å². The van der Waals surface area contributed by atoms with Crippen molar-refractivity contribution in [2.24, 2.45) is 5.92 Å². The second kappa shape index (κ2) is 6.17. The molecule has 2 N–H and O–H groups in total. The molecule has 1 fully saturated rings. The Morgan fingerprint density at radius 1 is 1.48 bits per heavy atom. The Morgan fingerprint density at radius 3 is 3.14 bits per heavy atom. The van der Waals surface area contributed by atoms with Crippen molar-refractivity contribution in [2.75, 3.05) is 31.6 Å². The van der Waals surface area contributed by atoms with E-state index in [0.717, 1.165) is 26.1 Å². The fourth-order valence-electron chi connectivity index (χ4n) is 2.73. The third kappa shape index (κ3) is 3.18. The molecule has 1 aliphatic rings. The summed E-state index contributed by atoms with van der Waals surface area (Å²) in [7, 11) is 1.98. The lowest BCUT2D eigenvalue weighted by Gasteiger charge is -2.31. The maximum Gasteiger partial charge on any atom is 0.245 e. The Kier molecular flexibility index (Phi) is 4.10. The molecule has 0 bridgehead atoms. The van der Waals surface area contributed by atoms with Crippen LogP contribution < -0.4 is 10.2 Å². The molecule has 1 saturated heterocycles. The molecule has 2 aromatic rings. The first-order valence-corrected chi connectivity index (χ1v) is 7.20. The molecule has 2 aromatic heterocycles. The number of piperidine rings is 1. The number of pyridine rings is 1. The predicted octanol–water partition coefficient (Wildman–Crippen LogP) is 1.44. The zero-order chi connectivity index (χ0) is 14.7. The molecule has 3 rings (SSSR count). The van der Waals surface area contributed by atoms with Crippen LogP contribution in [0, 0.1) is 11.7 Å². The number of rotatable bonds is 4. The van der Waals surface area contributed by atoms with Crippen LogP contribution in [0.3, 0.4) is 0 Å². The summed E-state index contributed by atoms with van der Waals surface area (Å²) in [5.74, 6) is 1.52. The van der Waals surface area contributed by atoms with Gasteiger partial charge in [-0.25, -0.2) is 9.37 Å². The molecule has 0 radical (unpaired) electrons. The minimum atomic E-state index is -0.357. The number of H-pyrrole nitrogens is 1. The molecule has 3 heterocycles. The highest BCUT2D eigenvalue weighted by molar-refractivity contribution is 5.50. The highest BCUT2D eigenvalue weighted by Gasteiger charge is 2.22. The molecule has 1 unspecified atom stereocenters. The van der Waals surface area contributed by atoms with Crippen LogP contribution in [-0.2, 0) is 0 Å². The van der Waals surface area contributed by atoms with Crippen LogP contribution in [0.2, 0.25) is 0 Å². The van der Waals surface area contributed by atoms with Crippen LogP contribution in [0.4, 0.5) is 10.3 Å². The lowest BCUT2D eigenvalue weighted by molar-refractivity contribution is 0.399. The molecule has 0 aromatic carbocycles. The van der Waals surface area contributed by atoms with E-state index in [9.17, 15) is 4.39 Å². The van der Waals surface area contributed by atoms with Crippen LogP contribution in [0.5, 0.6) is 0 Å². The maximum absolute atomic E-state index is 12.9. The zero-order valence-electron chi connectivity index (χ0n) is 12.0. The van der Waals surface area contributed by atoms with E-state index in [1.807, 2.05) is 7.05 Å². The fourth-order valence-corrected chi connectivity index (χ4v) is 2.73. The summed E-state index contributed by atoms with van der Waals surface area (Å²) >= 11 is 0. The average Bonchev–Trinajstić information content (AvgIpc) is 2.98. The highest BCUT2D eigenvalue weighted by Crippen LogP contribution is 2.21. The first kappa shape index (κ1) is 13.9. The number of halogens is 1. The standard InChI is InChI=1S/C14H19FN6/c1-16-7-10-3-2-6-21(9-10)14-18-13(19-20-14)12-5-4-11(15)8-17-12/h4-5,8,10,16H,2-3,6-7,9H2,1H3,(H,18,19,20). The van der Waals surface area contributed by atoms with E-state index in [1.165, 1.54) is 18.7 Å². The van der Waals surface area contributed by atoms with Gasteiger partial charge in [0.15, 0.2) is 5.82 Å². The van der Waals surface area contributed by atoms with E-state index < -0.39 is 0 Å². The zero-order valence-corrected chi connectivity index (χ0v) is 12.0. The Bertz CT molecular complexity index is 579. The van der Waals surface area contributed by atoms with Crippen LogP contribution in [-0.4, -0.2) is 46.8 Å². The molecule has 21 heavy (non-hydrogen) atoms. The summed E-state index contributed by atoms with van der Waals surface area (Å²) in [4.78, 5) is 10.7. The summed E-state index contributed by atoms with van der Waals surface area (Å²) in [5, 5.41) is 10.4. The van der Waals surface area contributed by atoms with Crippen LogP contribution >= 0.6 is 0 Å².